The van der Waals surface area contributed by atoms with E-state index in [9.17, 15) is 9.59 Å². The van der Waals surface area contributed by atoms with Gasteiger partial charge in [0.1, 0.15) is 11.5 Å². The molecule has 5 nitrogen and oxygen atoms in total. The first-order valence-corrected chi connectivity index (χ1v) is 9.47. The van der Waals surface area contributed by atoms with Gasteiger partial charge in [-0.3, -0.25) is 4.79 Å². The van der Waals surface area contributed by atoms with Crippen LogP contribution in [0.15, 0.2) is 54.8 Å². The van der Waals surface area contributed by atoms with Gasteiger partial charge in [-0.15, -0.1) is 0 Å². The topological polar surface area (TPSA) is 61.8 Å². The quantitative estimate of drug-likeness (QED) is 0.238. The molecule has 0 atom stereocenters. The normalized spacial score (nSPS) is 10.6. The van der Waals surface area contributed by atoms with Crippen LogP contribution >= 0.6 is 0 Å². The first-order valence-electron chi connectivity index (χ1n) is 9.47. The monoisotopic (exact) mass is 382 g/mol. The molecule has 28 heavy (non-hydrogen) atoms. The zero-order valence-corrected chi connectivity index (χ0v) is 16.4. The summed E-state index contributed by atoms with van der Waals surface area (Å²) in [5, 5.41) is 0. The van der Waals surface area contributed by atoms with Crippen molar-refractivity contribution in [3.8, 4) is 11.5 Å². The molecule has 0 radical (unpaired) electrons. The zero-order chi connectivity index (χ0) is 20.2. The Bertz CT molecular complexity index is 776. The molecule has 0 saturated carbocycles. The highest BCUT2D eigenvalue weighted by Crippen LogP contribution is 2.17. The first-order chi connectivity index (χ1) is 13.6. The van der Waals surface area contributed by atoms with Crippen LogP contribution in [0.25, 0.3) is 6.08 Å². The van der Waals surface area contributed by atoms with Gasteiger partial charge in [-0.25, -0.2) is 4.79 Å². The van der Waals surface area contributed by atoms with Crippen LogP contribution in [0.1, 0.15) is 55.5 Å². The Labute approximate surface area is 165 Å². The molecule has 0 unspecified atom stereocenters. The number of carbonyl (C=O) groups is 2. The molecule has 0 amide bonds. The Morgan fingerprint density at radius 3 is 2.21 bits per heavy atom. The van der Waals surface area contributed by atoms with Gasteiger partial charge >= 0.3 is 11.9 Å². The molecule has 0 saturated heterocycles. The Morgan fingerprint density at radius 1 is 0.893 bits per heavy atom. The number of rotatable bonds is 10. The molecule has 148 valence electrons. The second-order valence-corrected chi connectivity index (χ2v) is 6.30. The minimum absolute atomic E-state index is 0.380. The van der Waals surface area contributed by atoms with Crippen molar-refractivity contribution in [1.82, 2.24) is 0 Å². The first kappa shape index (κ1) is 21.2. The van der Waals surface area contributed by atoms with E-state index in [0.717, 1.165) is 17.7 Å². The molecule has 0 aliphatic heterocycles. The van der Waals surface area contributed by atoms with Crippen LogP contribution in [0, 0.1) is 0 Å². The van der Waals surface area contributed by atoms with Gasteiger partial charge < -0.3 is 14.2 Å². The van der Waals surface area contributed by atoms with Gasteiger partial charge in [0.25, 0.3) is 0 Å². The number of unbranched alkanes of at least 4 members (excludes halogenated alkanes) is 3. The van der Waals surface area contributed by atoms with Crippen LogP contribution in [-0.2, 0) is 9.53 Å². The fourth-order valence-corrected chi connectivity index (χ4v) is 2.43. The molecule has 0 heterocycles. The van der Waals surface area contributed by atoms with E-state index in [2.05, 4.69) is 6.92 Å². The van der Waals surface area contributed by atoms with Gasteiger partial charge in [-0.2, -0.15) is 0 Å². The minimum Gasteiger partial charge on any atom is -0.494 e. The standard InChI is InChI=1S/C23H26O5/c1-3-4-5-6-16-27-21-13-9-20(10-14-21)23(25)28-22-11-7-19(8-12-22)15-17-26-18(2)24/h7-15,17H,3-6,16H2,1-2H3. The summed E-state index contributed by atoms with van der Waals surface area (Å²) in [6.07, 6.45) is 7.58. The number of hydrogen-bond acceptors (Lipinski definition) is 5. The Kier molecular flexibility index (Phi) is 8.79. The van der Waals surface area contributed by atoms with E-state index < -0.39 is 5.97 Å². The van der Waals surface area contributed by atoms with Gasteiger partial charge in [0.05, 0.1) is 18.4 Å². The lowest BCUT2D eigenvalue weighted by Crippen LogP contribution is -2.08. The molecule has 2 rings (SSSR count). The second-order valence-electron chi connectivity index (χ2n) is 6.30. The van der Waals surface area contributed by atoms with Crippen LogP contribution in [-0.4, -0.2) is 18.5 Å². The summed E-state index contributed by atoms with van der Waals surface area (Å²) in [6.45, 7) is 4.19. The summed E-state index contributed by atoms with van der Waals surface area (Å²) in [5.41, 5.74) is 1.28. The third kappa shape index (κ3) is 7.66. The van der Waals surface area contributed by atoms with Crippen LogP contribution in [0.3, 0.4) is 0 Å². The lowest BCUT2D eigenvalue weighted by atomic mass is 10.2. The van der Waals surface area contributed by atoms with E-state index in [0.29, 0.717) is 17.9 Å². The van der Waals surface area contributed by atoms with E-state index in [1.807, 2.05) is 0 Å². The molecule has 0 spiro atoms. The Morgan fingerprint density at radius 2 is 1.57 bits per heavy atom. The average Bonchev–Trinajstić information content (AvgIpc) is 2.69. The van der Waals surface area contributed by atoms with Gasteiger partial charge in [-0.05, 0) is 54.5 Å². The molecular weight excluding hydrogens is 356 g/mol. The highest BCUT2D eigenvalue weighted by atomic mass is 16.5. The summed E-state index contributed by atoms with van der Waals surface area (Å²) in [4.78, 5) is 23.0. The zero-order valence-electron chi connectivity index (χ0n) is 16.4. The smallest absolute Gasteiger partial charge is 0.343 e. The number of benzene rings is 2. The van der Waals surface area contributed by atoms with E-state index in [1.165, 1.54) is 32.4 Å². The van der Waals surface area contributed by atoms with Crippen LogP contribution in [0.2, 0.25) is 0 Å². The average molecular weight is 382 g/mol. The molecule has 5 heteroatoms. The van der Waals surface area contributed by atoms with Gasteiger partial charge in [-0.1, -0.05) is 38.3 Å². The largest absolute Gasteiger partial charge is 0.494 e. The van der Waals surface area contributed by atoms with Crippen LogP contribution in [0.5, 0.6) is 11.5 Å². The summed E-state index contributed by atoms with van der Waals surface area (Å²) in [5.74, 6) is 0.371. The van der Waals surface area contributed by atoms with Crippen molar-refractivity contribution in [3.05, 3.63) is 65.9 Å². The highest BCUT2D eigenvalue weighted by Gasteiger charge is 2.08. The molecule has 0 aliphatic carbocycles. The van der Waals surface area contributed by atoms with E-state index in [4.69, 9.17) is 14.2 Å². The summed E-state index contributed by atoms with van der Waals surface area (Å²) < 4.78 is 15.8. The van der Waals surface area contributed by atoms with Crippen molar-refractivity contribution in [2.75, 3.05) is 6.61 Å². The molecule has 0 aliphatic rings. The van der Waals surface area contributed by atoms with Crippen molar-refractivity contribution < 1.29 is 23.8 Å². The maximum absolute atomic E-state index is 12.3. The summed E-state index contributed by atoms with van der Waals surface area (Å²) >= 11 is 0. The minimum atomic E-state index is -0.433. The maximum atomic E-state index is 12.3. The molecule has 2 aromatic carbocycles. The van der Waals surface area contributed by atoms with Crippen molar-refractivity contribution in [2.45, 2.75) is 39.5 Å². The number of hydrogen-bond donors (Lipinski definition) is 0. The second kappa shape index (κ2) is 11.6. The van der Waals surface area contributed by atoms with Crippen LogP contribution < -0.4 is 9.47 Å². The van der Waals surface area contributed by atoms with E-state index in [-0.39, 0.29) is 5.97 Å². The lowest BCUT2D eigenvalue weighted by molar-refractivity contribution is -0.135. The predicted octanol–water partition coefficient (Wildman–Crippen LogP) is 5.40. The molecule has 0 aromatic heterocycles. The van der Waals surface area contributed by atoms with Gasteiger partial charge in [0, 0.05) is 6.92 Å². The molecule has 0 N–H and O–H groups in total. The Balaban J connectivity index is 1.83. The predicted molar refractivity (Wildman–Crippen MR) is 108 cm³/mol. The Hall–Kier alpha value is -3.08. The van der Waals surface area contributed by atoms with Crippen molar-refractivity contribution in [1.29, 1.82) is 0 Å². The summed E-state index contributed by atoms with van der Waals surface area (Å²) in [6, 6.07) is 13.8. The number of carbonyl (C=O) groups excluding carboxylic acids is 2. The lowest BCUT2D eigenvalue weighted by Gasteiger charge is -2.08. The number of ether oxygens (including phenoxy) is 3. The fourth-order valence-electron chi connectivity index (χ4n) is 2.43. The third-order valence-electron chi connectivity index (χ3n) is 3.94. The molecular formula is C23H26O5. The van der Waals surface area contributed by atoms with E-state index >= 15 is 0 Å². The third-order valence-corrected chi connectivity index (χ3v) is 3.94. The number of esters is 2. The fraction of sp³-hybridized carbons (Fsp3) is 0.304. The van der Waals surface area contributed by atoms with E-state index in [1.54, 1.807) is 54.6 Å². The molecule has 0 fully saturated rings. The van der Waals surface area contributed by atoms with Crippen molar-refractivity contribution in [3.63, 3.8) is 0 Å². The maximum Gasteiger partial charge on any atom is 0.343 e. The molecule has 2 aromatic rings. The molecule has 0 bridgehead atoms. The van der Waals surface area contributed by atoms with Crippen molar-refractivity contribution >= 4 is 18.0 Å². The van der Waals surface area contributed by atoms with Gasteiger partial charge in [0.2, 0.25) is 0 Å². The van der Waals surface area contributed by atoms with Crippen LogP contribution in [0.4, 0.5) is 0 Å². The highest BCUT2D eigenvalue weighted by molar-refractivity contribution is 5.91. The van der Waals surface area contributed by atoms with Gasteiger partial charge in [0.15, 0.2) is 0 Å². The van der Waals surface area contributed by atoms with Crippen molar-refractivity contribution in [2.24, 2.45) is 0 Å². The summed E-state index contributed by atoms with van der Waals surface area (Å²) in [7, 11) is 0. The SMILES string of the molecule is CCCCCCOc1ccc(C(=O)Oc2ccc(C=COC(C)=O)cc2)cc1.